The van der Waals surface area contributed by atoms with Gasteiger partial charge >= 0.3 is 5.97 Å². The molecule has 0 N–H and O–H groups in total. The van der Waals surface area contributed by atoms with E-state index < -0.39 is 0 Å². The molecular weight excluding hydrogens is 140 g/mol. The van der Waals surface area contributed by atoms with Crippen molar-refractivity contribution < 1.29 is 9.53 Å². The summed E-state index contributed by atoms with van der Waals surface area (Å²) in [6, 6.07) is 0. The van der Waals surface area contributed by atoms with Gasteiger partial charge in [-0.25, -0.2) is 0 Å². The van der Waals surface area contributed by atoms with Crippen molar-refractivity contribution in [3.05, 3.63) is 11.6 Å². The standard InChI is InChI=1S/C9H14O2/c1-3-11-9(10)8-5-4-7(2)6-8/h6,8H,3-5H2,1-2H3. The highest BCUT2D eigenvalue weighted by Crippen LogP contribution is 2.24. The summed E-state index contributed by atoms with van der Waals surface area (Å²) in [5.74, 6) is -0.0284. The maximum Gasteiger partial charge on any atom is 0.312 e. The normalized spacial score (nSPS) is 23.1. The van der Waals surface area contributed by atoms with Gasteiger partial charge in [-0.3, -0.25) is 4.79 Å². The lowest BCUT2D eigenvalue weighted by atomic mass is 10.1. The number of allylic oxidation sites excluding steroid dienone is 1. The average Bonchev–Trinajstić information content (AvgIpc) is 2.36. The van der Waals surface area contributed by atoms with Crippen LogP contribution in [-0.2, 0) is 9.53 Å². The average molecular weight is 154 g/mol. The lowest BCUT2D eigenvalue weighted by molar-refractivity contribution is -0.146. The second kappa shape index (κ2) is 3.56. The summed E-state index contributed by atoms with van der Waals surface area (Å²) in [4.78, 5) is 11.1. The molecule has 2 nitrogen and oxygen atoms in total. The molecule has 1 unspecified atom stereocenters. The first kappa shape index (κ1) is 8.31. The molecule has 1 rings (SSSR count). The first-order valence-corrected chi connectivity index (χ1v) is 4.08. The quantitative estimate of drug-likeness (QED) is 0.448. The summed E-state index contributed by atoms with van der Waals surface area (Å²) in [6.45, 7) is 4.38. The number of esters is 1. The van der Waals surface area contributed by atoms with Crippen LogP contribution in [0, 0.1) is 5.92 Å². The van der Waals surface area contributed by atoms with E-state index in [2.05, 4.69) is 6.92 Å². The number of carbonyl (C=O) groups excluding carboxylic acids is 1. The number of carbonyl (C=O) groups is 1. The van der Waals surface area contributed by atoms with Crippen LogP contribution >= 0.6 is 0 Å². The molecule has 0 radical (unpaired) electrons. The predicted octanol–water partition coefficient (Wildman–Crippen LogP) is 1.91. The maximum atomic E-state index is 11.1. The van der Waals surface area contributed by atoms with E-state index in [0.29, 0.717) is 6.61 Å². The molecule has 1 aliphatic rings. The highest BCUT2D eigenvalue weighted by Gasteiger charge is 2.21. The van der Waals surface area contributed by atoms with Crippen molar-refractivity contribution in [2.75, 3.05) is 6.61 Å². The fourth-order valence-electron chi connectivity index (χ4n) is 1.33. The van der Waals surface area contributed by atoms with E-state index in [9.17, 15) is 4.79 Å². The van der Waals surface area contributed by atoms with Crippen LogP contribution < -0.4 is 0 Å². The molecule has 1 atom stereocenters. The van der Waals surface area contributed by atoms with Crippen LogP contribution in [0.1, 0.15) is 26.7 Å². The Labute approximate surface area is 67.2 Å². The van der Waals surface area contributed by atoms with Crippen LogP contribution in [0.4, 0.5) is 0 Å². The topological polar surface area (TPSA) is 26.3 Å². The lowest BCUT2D eigenvalue weighted by Gasteiger charge is -2.04. The van der Waals surface area contributed by atoms with E-state index in [1.54, 1.807) is 0 Å². The third-order valence-electron chi connectivity index (χ3n) is 1.92. The molecule has 2 heteroatoms. The van der Waals surface area contributed by atoms with Gasteiger partial charge in [0, 0.05) is 0 Å². The van der Waals surface area contributed by atoms with Crippen LogP contribution in [0.2, 0.25) is 0 Å². The van der Waals surface area contributed by atoms with Crippen LogP contribution in [0.3, 0.4) is 0 Å². The molecule has 0 spiro atoms. The van der Waals surface area contributed by atoms with Crippen molar-refractivity contribution in [3.63, 3.8) is 0 Å². The molecule has 0 fully saturated rings. The molecule has 0 aliphatic heterocycles. The molecule has 0 heterocycles. The molecular formula is C9H14O2. The van der Waals surface area contributed by atoms with Crippen molar-refractivity contribution in [2.24, 2.45) is 5.92 Å². The minimum atomic E-state index is -0.0654. The van der Waals surface area contributed by atoms with Crippen molar-refractivity contribution >= 4 is 5.97 Å². The largest absolute Gasteiger partial charge is 0.466 e. The van der Waals surface area contributed by atoms with Crippen molar-refractivity contribution in [1.29, 1.82) is 0 Å². The third kappa shape index (κ3) is 2.07. The van der Waals surface area contributed by atoms with E-state index in [1.165, 1.54) is 5.57 Å². The van der Waals surface area contributed by atoms with Gasteiger partial charge < -0.3 is 4.74 Å². The number of hydrogen-bond acceptors (Lipinski definition) is 2. The Balaban J connectivity index is 2.43. The van der Waals surface area contributed by atoms with Crippen LogP contribution in [0.25, 0.3) is 0 Å². The summed E-state index contributed by atoms with van der Waals surface area (Å²) in [7, 11) is 0. The summed E-state index contributed by atoms with van der Waals surface area (Å²) in [5, 5.41) is 0. The molecule has 0 aromatic heterocycles. The molecule has 0 saturated heterocycles. The molecule has 62 valence electrons. The summed E-state index contributed by atoms with van der Waals surface area (Å²) in [6.07, 6.45) is 3.99. The molecule has 11 heavy (non-hydrogen) atoms. The van der Waals surface area contributed by atoms with E-state index in [0.717, 1.165) is 12.8 Å². The van der Waals surface area contributed by atoms with Crippen molar-refractivity contribution in [2.45, 2.75) is 26.7 Å². The van der Waals surface area contributed by atoms with Crippen molar-refractivity contribution in [1.82, 2.24) is 0 Å². The van der Waals surface area contributed by atoms with Crippen LogP contribution in [0.5, 0.6) is 0 Å². The molecule has 1 aliphatic carbocycles. The van der Waals surface area contributed by atoms with E-state index in [4.69, 9.17) is 4.74 Å². The fraction of sp³-hybridized carbons (Fsp3) is 0.667. The number of ether oxygens (including phenoxy) is 1. The highest BCUT2D eigenvalue weighted by molar-refractivity contribution is 5.75. The Kier molecular flexibility index (Phi) is 2.69. The zero-order valence-corrected chi connectivity index (χ0v) is 7.09. The minimum absolute atomic E-state index is 0.0370. The van der Waals surface area contributed by atoms with Gasteiger partial charge in [-0.15, -0.1) is 0 Å². The molecule has 0 bridgehead atoms. The molecule has 0 aromatic rings. The smallest absolute Gasteiger partial charge is 0.312 e. The third-order valence-corrected chi connectivity index (χ3v) is 1.92. The molecule has 0 saturated carbocycles. The SMILES string of the molecule is CCOC(=O)C1C=C(C)CC1. The van der Waals surface area contributed by atoms with E-state index >= 15 is 0 Å². The molecule has 0 aromatic carbocycles. The lowest BCUT2D eigenvalue weighted by Crippen LogP contribution is -2.13. The summed E-state index contributed by atoms with van der Waals surface area (Å²) >= 11 is 0. The number of rotatable bonds is 2. The summed E-state index contributed by atoms with van der Waals surface area (Å²) < 4.78 is 4.89. The van der Waals surface area contributed by atoms with E-state index in [1.807, 2.05) is 13.0 Å². The van der Waals surface area contributed by atoms with Gasteiger partial charge in [0.25, 0.3) is 0 Å². The number of hydrogen-bond donors (Lipinski definition) is 0. The Morgan fingerprint density at radius 3 is 3.00 bits per heavy atom. The fourth-order valence-corrected chi connectivity index (χ4v) is 1.33. The first-order chi connectivity index (χ1) is 5.24. The first-order valence-electron chi connectivity index (χ1n) is 4.08. The Hall–Kier alpha value is -0.790. The van der Waals surface area contributed by atoms with Gasteiger partial charge in [-0.05, 0) is 26.7 Å². The highest BCUT2D eigenvalue weighted by atomic mass is 16.5. The monoisotopic (exact) mass is 154 g/mol. The Bertz CT molecular complexity index is 182. The van der Waals surface area contributed by atoms with Gasteiger partial charge in [0.1, 0.15) is 0 Å². The van der Waals surface area contributed by atoms with Gasteiger partial charge in [0.05, 0.1) is 12.5 Å². The van der Waals surface area contributed by atoms with Crippen molar-refractivity contribution in [3.8, 4) is 0 Å². The Morgan fingerprint density at radius 1 is 1.82 bits per heavy atom. The van der Waals surface area contributed by atoms with Crippen LogP contribution in [-0.4, -0.2) is 12.6 Å². The predicted molar refractivity (Wildman–Crippen MR) is 43.1 cm³/mol. The molecule has 0 amide bonds. The maximum absolute atomic E-state index is 11.1. The van der Waals surface area contributed by atoms with Gasteiger partial charge in [0.15, 0.2) is 0 Å². The minimum Gasteiger partial charge on any atom is -0.466 e. The second-order valence-electron chi connectivity index (χ2n) is 2.91. The van der Waals surface area contributed by atoms with Crippen LogP contribution in [0.15, 0.2) is 11.6 Å². The summed E-state index contributed by atoms with van der Waals surface area (Å²) in [5.41, 5.74) is 1.31. The van der Waals surface area contributed by atoms with Gasteiger partial charge in [-0.1, -0.05) is 11.6 Å². The Morgan fingerprint density at radius 2 is 2.55 bits per heavy atom. The zero-order valence-electron chi connectivity index (χ0n) is 7.09. The van der Waals surface area contributed by atoms with Gasteiger partial charge in [-0.2, -0.15) is 0 Å². The second-order valence-corrected chi connectivity index (χ2v) is 2.91. The van der Waals surface area contributed by atoms with Gasteiger partial charge in [0.2, 0.25) is 0 Å². The van der Waals surface area contributed by atoms with E-state index in [-0.39, 0.29) is 11.9 Å². The zero-order chi connectivity index (χ0) is 8.27.